The van der Waals surface area contributed by atoms with E-state index >= 15 is 0 Å². The van der Waals surface area contributed by atoms with Crippen molar-refractivity contribution in [2.24, 2.45) is 0 Å². The number of hydrogen-bond donors (Lipinski definition) is 7. The molecule has 0 aliphatic heterocycles. The third-order valence-electron chi connectivity index (χ3n) is 5.04. The Hall–Kier alpha value is -7.78. The number of ether oxygens (including phenoxy) is 1. The summed E-state index contributed by atoms with van der Waals surface area (Å²) in [7, 11) is 1.33. The van der Waals surface area contributed by atoms with Crippen molar-refractivity contribution in [3.05, 3.63) is 75.9 Å². The molecule has 14 heteroatoms. The Morgan fingerprint density at radius 3 is 1.22 bits per heavy atom. The standard InChI is InChI=1S/C11H8N2O3.C10H6N2O3.C10H6N2O2/c1-16-10-4-7(2-8(5-12)6-13)3-9(14)11(10)15;11-4-7(5-12)1-6-2-8(13)10(15)9(14)3-6;11-5-8(6-12)3-7-1-2-9(13)10(14)4-7/h2-4,14-15H,1H3;1-3,13-15H;1-4,13-14H. The highest BCUT2D eigenvalue weighted by Gasteiger charge is 2.09. The second-order valence-electron chi connectivity index (χ2n) is 8.09. The van der Waals surface area contributed by atoms with Crippen LogP contribution >= 0.6 is 0 Å². The van der Waals surface area contributed by atoms with Crippen LogP contribution in [0.4, 0.5) is 0 Å². The first-order valence-electron chi connectivity index (χ1n) is 11.8. The van der Waals surface area contributed by atoms with Gasteiger partial charge in [0.15, 0.2) is 40.2 Å². The third kappa shape index (κ3) is 10.6. The summed E-state index contributed by atoms with van der Waals surface area (Å²) in [5, 5.41) is 115. The number of phenols is 7. The summed E-state index contributed by atoms with van der Waals surface area (Å²) in [4.78, 5) is 0. The van der Waals surface area contributed by atoms with Crippen LogP contribution in [-0.2, 0) is 0 Å². The molecule has 0 radical (unpaired) electrons. The molecule has 0 amide bonds. The topological polar surface area (TPSA) is 294 Å². The Balaban J connectivity index is 0.000000338. The van der Waals surface area contributed by atoms with Crippen molar-refractivity contribution in [1.82, 2.24) is 0 Å². The van der Waals surface area contributed by atoms with Gasteiger partial charge in [-0.3, -0.25) is 0 Å². The van der Waals surface area contributed by atoms with Crippen LogP contribution in [0.25, 0.3) is 18.2 Å². The van der Waals surface area contributed by atoms with E-state index in [1.54, 1.807) is 36.4 Å². The van der Waals surface area contributed by atoms with Crippen LogP contribution in [0, 0.1) is 68.0 Å². The monoisotopic (exact) mass is 604 g/mol. The van der Waals surface area contributed by atoms with Crippen LogP contribution in [0.5, 0.6) is 46.0 Å². The molecule has 3 aromatic rings. The lowest BCUT2D eigenvalue weighted by Gasteiger charge is -2.06. The zero-order valence-corrected chi connectivity index (χ0v) is 23.0. The number of rotatable bonds is 4. The van der Waals surface area contributed by atoms with Gasteiger partial charge in [-0.05, 0) is 71.3 Å². The molecule has 222 valence electrons. The maximum absolute atomic E-state index is 9.35. The van der Waals surface area contributed by atoms with E-state index in [4.69, 9.17) is 61.8 Å². The van der Waals surface area contributed by atoms with E-state index < -0.39 is 17.2 Å². The minimum Gasteiger partial charge on any atom is -0.504 e. The average Bonchev–Trinajstić information content (AvgIpc) is 3.03. The average molecular weight is 605 g/mol. The van der Waals surface area contributed by atoms with Crippen LogP contribution in [0.1, 0.15) is 16.7 Å². The quantitative estimate of drug-likeness (QED) is 0.161. The first kappa shape index (κ1) is 35.2. The SMILES string of the molecule is COc1cc(C=C(C#N)C#N)cc(O)c1O.N#CC(C#N)=Cc1cc(O)c(O)c(O)c1.N#CC(C#N)=Cc1ccc(O)c(O)c1. The van der Waals surface area contributed by atoms with E-state index in [0.717, 1.165) is 12.1 Å². The number of phenolic OH excluding ortho intramolecular Hbond substituents is 7. The highest BCUT2D eigenvalue weighted by Crippen LogP contribution is 2.37. The van der Waals surface area contributed by atoms with Crippen molar-refractivity contribution >= 4 is 18.2 Å². The Morgan fingerprint density at radius 1 is 0.489 bits per heavy atom. The molecule has 0 heterocycles. The third-order valence-corrected chi connectivity index (χ3v) is 5.04. The largest absolute Gasteiger partial charge is 0.504 e. The Bertz CT molecular complexity index is 1870. The van der Waals surface area contributed by atoms with Crippen LogP contribution in [-0.4, -0.2) is 42.9 Å². The van der Waals surface area contributed by atoms with Gasteiger partial charge in [0.25, 0.3) is 0 Å². The maximum atomic E-state index is 9.35. The molecule has 0 aliphatic rings. The number of nitrogens with zero attached hydrogens (tertiary/aromatic N) is 6. The van der Waals surface area contributed by atoms with Gasteiger partial charge in [-0.2, -0.15) is 31.6 Å². The van der Waals surface area contributed by atoms with Crippen molar-refractivity contribution in [2.45, 2.75) is 0 Å². The molecule has 0 aromatic heterocycles. The maximum Gasteiger partial charge on any atom is 0.200 e. The van der Waals surface area contributed by atoms with E-state index in [2.05, 4.69) is 0 Å². The van der Waals surface area contributed by atoms with Gasteiger partial charge in [0.05, 0.1) is 7.11 Å². The molecule has 0 saturated heterocycles. The van der Waals surface area contributed by atoms with Crippen LogP contribution in [0.3, 0.4) is 0 Å². The van der Waals surface area contributed by atoms with E-state index in [-0.39, 0.29) is 51.0 Å². The summed E-state index contributed by atoms with van der Waals surface area (Å²) in [6.07, 6.45) is 3.78. The molecule has 3 aromatic carbocycles. The molecule has 0 unspecified atom stereocenters. The molecule has 0 atom stereocenters. The summed E-state index contributed by atoms with van der Waals surface area (Å²) in [5.41, 5.74) is 0.797. The van der Waals surface area contributed by atoms with E-state index in [9.17, 15) is 10.2 Å². The minimum atomic E-state index is -0.636. The second-order valence-corrected chi connectivity index (χ2v) is 8.09. The van der Waals surface area contributed by atoms with Gasteiger partial charge in [0, 0.05) is 0 Å². The fourth-order valence-corrected chi connectivity index (χ4v) is 2.96. The van der Waals surface area contributed by atoms with Gasteiger partial charge in [-0.1, -0.05) is 6.07 Å². The number of nitriles is 6. The fourth-order valence-electron chi connectivity index (χ4n) is 2.96. The molecule has 0 bridgehead atoms. The Morgan fingerprint density at radius 2 is 0.844 bits per heavy atom. The van der Waals surface area contributed by atoms with Crippen LogP contribution < -0.4 is 4.74 Å². The molecule has 0 spiro atoms. The lowest BCUT2D eigenvalue weighted by molar-refractivity contribution is 0.351. The van der Waals surface area contributed by atoms with Crippen LogP contribution in [0.2, 0.25) is 0 Å². The van der Waals surface area contributed by atoms with Gasteiger partial charge in [-0.25, -0.2) is 0 Å². The van der Waals surface area contributed by atoms with E-state index in [1.165, 1.54) is 55.7 Å². The van der Waals surface area contributed by atoms with E-state index in [1.807, 2.05) is 0 Å². The molecule has 7 N–H and O–H groups in total. The molecular weight excluding hydrogens is 584 g/mol. The van der Waals surface area contributed by atoms with Crippen LogP contribution in [0.15, 0.2) is 59.2 Å². The predicted octanol–water partition coefficient (Wildman–Crippen LogP) is 4.30. The minimum absolute atomic E-state index is 0.0601. The summed E-state index contributed by atoms with van der Waals surface area (Å²) in [5.74, 6) is -2.88. The van der Waals surface area contributed by atoms with Gasteiger partial charge >= 0.3 is 0 Å². The van der Waals surface area contributed by atoms with Gasteiger partial charge < -0.3 is 40.5 Å². The summed E-state index contributed by atoms with van der Waals surface area (Å²) in [6, 6.07) is 18.9. The number of benzene rings is 3. The predicted molar refractivity (Wildman–Crippen MR) is 155 cm³/mol. The molecule has 0 saturated carbocycles. The summed E-state index contributed by atoms with van der Waals surface area (Å²) >= 11 is 0. The van der Waals surface area contributed by atoms with E-state index in [0.29, 0.717) is 11.1 Å². The summed E-state index contributed by atoms with van der Waals surface area (Å²) < 4.78 is 4.81. The number of hydrogen-bond acceptors (Lipinski definition) is 14. The molecule has 0 fully saturated rings. The van der Waals surface area contributed by atoms with Crippen molar-refractivity contribution in [3.63, 3.8) is 0 Å². The van der Waals surface area contributed by atoms with Crippen molar-refractivity contribution in [3.8, 4) is 82.4 Å². The van der Waals surface area contributed by atoms with Crippen molar-refractivity contribution < 1.29 is 40.5 Å². The lowest BCUT2D eigenvalue weighted by Crippen LogP contribution is -1.86. The summed E-state index contributed by atoms with van der Waals surface area (Å²) in [6.45, 7) is 0. The highest BCUT2D eigenvalue weighted by molar-refractivity contribution is 5.68. The number of allylic oxidation sites excluding steroid dienone is 3. The van der Waals surface area contributed by atoms with Crippen molar-refractivity contribution in [1.29, 1.82) is 31.6 Å². The Kier molecular flexibility index (Phi) is 13.4. The van der Waals surface area contributed by atoms with Crippen molar-refractivity contribution in [2.75, 3.05) is 7.11 Å². The second kappa shape index (κ2) is 17.1. The smallest absolute Gasteiger partial charge is 0.200 e. The molecule has 45 heavy (non-hydrogen) atoms. The molecule has 0 aliphatic carbocycles. The number of aromatic hydroxyl groups is 7. The van der Waals surface area contributed by atoms with Gasteiger partial charge in [-0.15, -0.1) is 0 Å². The fraction of sp³-hybridized carbons (Fsp3) is 0.0323. The molecular formula is C31H20N6O8. The molecule has 3 rings (SSSR count). The first-order valence-corrected chi connectivity index (χ1v) is 11.8. The van der Waals surface area contributed by atoms with Gasteiger partial charge in [0.1, 0.15) is 53.1 Å². The van der Waals surface area contributed by atoms with Gasteiger partial charge in [0.2, 0.25) is 5.75 Å². The number of methoxy groups -OCH3 is 1. The lowest BCUT2D eigenvalue weighted by atomic mass is 10.1. The highest BCUT2D eigenvalue weighted by atomic mass is 16.5. The Labute approximate surface area is 255 Å². The zero-order valence-electron chi connectivity index (χ0n) is 23.0. The zero-order chi connectivity index (χ0) is 34.1. The first-order chi connectivity index (χ1) is 21.4. The molecule has 14 nitrogen and oxygen atoms in total. The normalized spacial score (nSPS) is 8.60.